The van der Waals surface area contributed by atoms with Crippen LogP contribution in [0.15, 0.2) is 34.8 Å². The number of piperazine rings is 1. The monoisotopic (exact) mass is 465 g/mol. The molecule has 5 heteroatoms. The first kappa shape index (κ1) is 19.8. The summed E-state index contributed by atoms with van der Waals surface area (Å²) in [6, 6.07) is 10.6. The highest BCUT2D eigenvalue weighted by Gasteiger charge is 2.40. The van der Waals surface area contributed by atoms with Gasteiger partial charge in [-0.1, -0.05) is 42.8 Å². The fourth-order valence-electron chi connectivity index (χ4n) is 5.11. The third-order valence-electron chi connectivity index (χ3n) is 6.97. The topological polar surface area (TPSA) is 39.3 Å². The highest BCUT2D eigenvalue weighted by molar-refractivity contribution is 9.10. The van der Waals surface area contributed by atoms with Crippen molar-refractivity contribution in [3.63, 3.8) is 0 Å². The third kappa shape index (κ3) is 2.86. The highest BCUT2D eigenvalue weighted by Crippen LogP contribution is 2.46. The van der Waals surface area contributed by atoms with E-state index in [9.17, 15) is 4.79 Å². The number of halogens is 1. The molecule has 0 spiro atoms. The lowest BCUT2D eigenvalue weighted by molar-refractivity contribution is 0.103. The SMILES string of the molecule is CCc1cc2c(cc1N1CCN(C)CC1)C(C)(C)c1[nH]c3cc(Br)ccc3c1C2=O. The van der Waals surface area contributed by atoms with Gasteiger partial charge >= 0.3 is 0 Å². The van der Waals surface area contributed by atoms with Crippen molar-refractivity contribution in [2.45, 2.75) is 32.6 Å². The lowest BCUT2D eigenvalue weighted by Gasteiger charge is -2.38. The first-order valence-electron chi connectivity index (χ1n) is 10.8. The number of H-pyrrole nitrogens is 1. The minimum atomic E-state index is -0.266. The number of ketones is 1. The van der Waals surface area contributed by atoms with Crippen molar-refractivity contribution < 1.29 is 4.79 Å². The van der Waals surface area contributed by atoms with Gasteiger partial charge in [0.25, 0.3) is 0 Å². The lowest BCUT2D eigenvalue weighted by atomic mass is 9.70. The van der Waals surface area contributed by atoms with Gasteiger partial charge in [-0.2, -0.15) is 0 Å². The molecule has 2 aliphatic rings. The number of hydrogen-bond acceptors (Lipinski definition) is 3. The van der Waals surface area contributed by atoms with Crippen LogP contribution in [-0.4, -0.2) is 48.9 Å². The Bertz CT molecular complexity index is 1170. The van der Waals surface area contributed by atoms with Crippen molar-refractivity contribution in [1.82, 2.24) is 9.88 Å². The molecule has 4 nitrogen and oxygen atoms in total. The van der Waals surface area contributed by atoms with E-state index < -0.39 is 0 Å². The number of nitrogens with zero attached hydrogens (tertiary/aromatic N) is 2. The molecule has 1 aromatic heterocycles. The van der Waals surface area contributed by atoms with Crippen LogP contribution in [0.4, 0.5) is 5.69 Å². The van der Waals surface area contributed by atoms with Crippen molar-refractivity contribution in [3.05, 3.63) is 62.8 Å². The summed E-state index contributed by atoms with van der Waals surface area (Å²) in [7, 11) is 2.18. The van der Waals surface area contributed by atoms with Crippen molar-refractivity contribution in [2.24, 2.45) is 0 Å². The predicted octanol–water partition coefficient (Wildman–Crippen LogP) is 5.11. The molecule has 0 amide bonds. The van der Waals surface area contributed by atoms with E-state index >= 15 is 0 Å². The number of hydrogen-bond donors (Lipinski definition) is 1. The molecule has 0 bridgehead atoms. The molecule has 1 saturated heterocycles. The number of aromatic nitrogens is 1. The van der Waals surface area contributed by atoms with E-state index in [1.165, 1.54) is 11.3 Å². The normalized spacial score (nSPS) is 18.6. The van der Waals surface area contributed by atoms with Gasteiger partial charge in [-0.3, -0.25) is 4.79 Å². The maximum atomic E-state index is 13.7. The van der Waals surface area contributed by atoms with Gasteiger partial charge in [0.05, 0.1) is 5.56 Å². The molecular weight excluding hydrogens is 438 g/mol. The van der Waals surface area contributed by atoms with Crippen LogP contribution in [0.25, 0.3) is 10.9 Å². The number of anilines is 1. The second-order valence-corrected chi connectivity index (χ2v) is 10.1. The van der Waals surface area contributed by atoms with E-state index in [1.807, 2.05) is 12.1 Å². The molecule has 0 saturated carbocycles. The fraction of sp³-hybridized carbons (Fsp3) is 0.400. The van der Waals surface area contributed by atoms with Crippen LogP contribution in [0, 0.1) is 0 Å². The van der Waals surface area contributed by atoms with Crippen LogP contribution in [0.2, 0.25) is 0 Å². The van der Waals surface area contributed by atoms with E-state index in [0.717, 1.165) is 70.4 Å². The lowest BCUT2D eigenvalue weighted by Crippen LogP contribution is -2.45. The number of fused-ring (bicyclic) bond motifs is 4. The minimum Gasteiger partial charge on any atom is -0.369 e. The largest absolute Gasteiger partial charge is 0.369 e. The third-order valence-corrected chi connectivity index (χ3v) is 7.47. The Hall–Kier alpha value is -2.11. The van der Waals surface area contributed by atoms with Crippen molar-refractivity contribution in [2.75, 3.05) is 38.1 Å². The number of carbonyl (C=O) groups excluding carboxylic acids is 1. The summed E-state index contributed by atoms with van der Waals surface area (Å²) in [6.45, 7) is 10.9. The van der Waals surface area contributed by atoms with Gasteiger partial charge in [0, 0.05) is 63.9 Å². The number of aromatic amines is 1. The average molecular weight is 466 g/mol. The van der Waals surface area contributed by atoms with Gasteiger partial charge in [0.1, 0.15) is 0 Å². The Morgan fingerprint density at radius 1 is 1.10 bits per heavy atom. The van der Waals surface area contributed by atoms with Crippen LogP contribution in [0.3, 0.4) is 0 Å². The highest BCUT2D eigenvalue weighted by atomic mass is 79.9. The van der Waals surface area contributed by atoms with E-state index in [1.54, 1.807) is 0 Å². The Morgan fingerprint density at radius 3 is 2.53 bits per heavy atom. The molecule has 1 N–H and O–H groups in total. The van der Waals surface area contributed by atoms with E-state index in [-0.39, 0.29) is 11.2 Å². The second kappa shape index (κ2) is 6.96. The van der Waals surface area contributed by atoms with Crippen molar-refractivity contribution >= 4 is 38.3 Å². The molecular formula is C25H28BrN3O. The summed E-state index contributed by atoms with van der Waals surface area (Å²) >= 11 is 3.56. The summed E-state index contributed by atoms with van der Waals surface area (Å²) in [6.07, 6.45) is 0.927. The minimum absolute atomic E-state index is 0.146. The number of benzene rings is 2. The van der Waals surface area contributed by atoms with Crippen molar-refractivity contribution in [3.8, 4) is 0 Å². The molecule has 5 rings (SSSR count). The second-order valence-electron chi connectivity index (χ2n) is 9.19. The molecule has 0 radical (unpaired) electrons. The zero-order valence-electron chi connectivity index (χ0n) is 18.1. The zero-order valence-corrected chi connectivity index (χ0v) is 19.7. The quantitative estimate of drug-likeness (QED) is 0.570. The summed E-state index contributed by atoms with van der Waals surface area (Å²) in [5, 5.41) is 1.01. The van der Waals surface area contributed by atoms with Crippen LogP contribution in [0.1, 0.15) is 53.5 Å². The van der Waals surface area contributed by atoms with Gasteiger partial charge in [0.2, 0.25) is 0 Å². The molecule has 0 unspecified atom stereocenters. The van der Waals surface area contributed by atoms with Gasteiger partial charge in [-0.25, -0.2) is 0 Å². The summed E-state index contributed by atoms with van der Waals surface area (Å²) in [5.74, 6) is 0.146. The first-order chi connectivity index (χ1) is 14.3. The zero-order chi connectivity index (χ0) is 21.2. The number of nitrogens with one attached hydrogen (secondary N) is 1. The Balaban J connectivity index is 1.70. The van der Waals surface area contributed by atoms with Gasteiger partial charge < -0.3 is 14.8 Å². The molecule has 1 fully saturated rings. The van der Waals surface area contributed by atoms with Gasteiger partial charge in [-0.05, 0) is 48.9 Å². The van der Waals surface area contributed by atoms with E-state index in [4.69, 9.17) is 0 Å². The summed E-state index contributed by atoms with van der Waals surface area (Å²) < 4.78 is 1.02. The van der Waals surface area contributed by atoms with E-state index in [0.29, 0.717) is 0 Å². The van der Waals surface area contributed by atoms with Gasteiger partial charge in [0.15, 0.2) is 5.78 Å². The molecule has 0 atom stereocenters. The standard InChI is InChI=1S/C25H28BrN3O/c1-5-15-12-18-19(14-21(15)29-10-8-28(4)9-11-29)25(2,3)24-22(23(18)30)17-7-6-16(26)13-20(17)27-24/h6-7,12-14,27H,5,8-11H2,1-4H3. The van der Waals surface area contributed by atoms with Crippen LogP contribution < -0.4 is 4.90 Å². The molecule has 1 aliphatic carbocycles. The number of aryl methyl sites for hydroxylation is 1. The maximum Gasteiger partial charge on any atom is 0.195 e. The Morgan fingerprint density at radius 2 is 1.83 bits per heavy atom. The molecule has 2 aromatic carbocycles. The van der Waals surface area contributed by atoms with Crippen LogP contribution >= 0.6 is 15.9 Å². The molecule has 2 heterocycles. The van der Waals surface area contributed by atoms with Crippen molar-refractivity contribution in [1.29, 1.82) is 0 Å². The summed E-state index contributed by atoms with van der Waals surface area (Å²) in [4.78, 5) is 22.2. The molecule has 30 heavy (non-hydrogen) atoms. The smallest absolute Gasteiger partial charge is 0.195 e. The predicted molar refractivity (Wildman–Crippen MR) is 127 cm³/mol. The maximum absolute atomic E-state index is 13.7. The molecule has 3 aromatic rings. The fourth-order valence-corrected chi connectivity index (χ4v) is 5.47. The van der Waals surface area contributed by atoms with Gasteiger partial charge in [-0.15, -0.1) is 0 Å². The Labute approximate surface area is 186 Å². The number of rotatable bonds is 2. The number of carbonyl (C=O) groups is 1. The Kier molecular flexibility index (Phi) is 4.60. The molecule has 1 aliphatic heterocycles. The van der Waals surface area contributed by atoms with E-state index in [2.05, 4.69) is 76.7 Å². The van der Waals surface area contributed by atoms with Crippen LogP contribution in [-0.2, 0) is 11.8 Å². The molecule has 156 valence electrons. The number of likely N-dealkylation sites (N-methyl/N-ethyl adjacent to an activating group) is 1. The summed E-state index contributed by atoms with van der Waals surface area (Å²) in [5.41, 5.74) is 7.19. The van der Waals surface area contributed by atoms with Crippen LogP contribution in [0.5, 0.6) is 0 Å². The first-order valence-corrected chi connectivity index (χ1v) is 11.6. The average Bonchev–Trinajstić information content (AvgIpc) is 3.12.